The maximum Gasteiger partial charge on any atom is 0.223 e. The Bertz CT molecular complexity index is 816. The zero-order valence-electron chi connectivity index (χ0n) is 16.2. The maximum absolute atomic E-state index is 13.7. The van der Waals surface area contributed by atoms with Crippen LogP contribution in [-0.4, -0.2) is 60.0 Å². The average Bonchev–Trinajstić information content (AvgIpc) is 3.24. The monoisotopic (exact) mass is 385 g/mol. The summed E-state index contributed by atoms with van der Waals surface area (Å²) in [5.74, 6) is 0.688. The molecule has 2 aliphatic rings. The minimum atomic E-state index is -0.285. The van der Waals surface area contributed by atoms with Crippen molar-refractivity contribution in [3.8, 4) is 0 Å². The van der Waals surface area contributed by atoms with Crippen LogP contribution in [0.25, 0.3) is 10.9 Å². The molecule has 0 unspecified atom stereocenters. The highest BCUT2D eigenvalue weighted by Gasteiger charge is 2.26. The van der Waals surface area contributed by atoms with Gasteiger partial charge in [0.1, 0.15) is 18.0 Å². The van der Waals surface area contributed by atoms with E-state index in [9.17, 15) is 9.18 Å². The van der Waals surface area contributed by atoms with Crippen LogP contribution in [0, 0.1) is 11.7 Å². The third kappa shape index (κ3) is 4.41. The lowest BCUT2D eigenvalue weighted by molar-refractivity contribution is -0.125. The molecule has 1 N–H and O–H groups in total. The number of nitrogens with one attached hydrogen (secondary N) is 1. The molecule has 7 heteroatoms. The summed E-state index contributed by atoms with van der Waals surface area (Å²) in [7, 11) is 0. The minimum Gasteiger partial charge on any atom is -0.356 e. The lowest BCUT2D eigenvalue weighted by Gasteiger charge is -2.32. The van der Waals surface area contributed by atoms with E-state index >= 15 is 0 Å². The molecule has 0 radical (unpaired) electrons. The Labute approximate surface area is 165 Å². The number of hydrogen-bond acceptors (Lipinski definition) is 5. The van der Waals surface area contributed by atoms with Crippen molar-refractivity contribution in [2.75, 3.05) is 44.2 Å². The van der Waals surface area contributed by atoms with E-state index in [1.54, 1.807) is 6.07 Å². The predicted molar refractivity (Wildman–Crippen MR) is 108 cm³/mol. The van der Waals surface area contributed by atoms with Gasteiger partial charge in [-0.15, -0.1) is 0 Å². The first-order chi connectivity index (χ1) is 13.7. The van der Waals surface area contributed by atoms with Crippen molar-refractivity contribution in [3.05, 3.63) is 30.3 Å². The van der Waals surface area contributed by atoms with Crippen molar-refractivity contribution in [3.63, 3.8) is 0 Å². The molecule has 2 aromatic rings. The Hall–Kier alpha value is -2.28. The van der Waals surface area contributed by atoms with E-state index in [4.69, 9.17) is 0 Å². The van der Waals surface area contributed by atoms with Gasteiger partial charge in [0.25, 0.3) is 0 Å². The van der Waals surface area contributed by atoms with Gasteiger partial charge in [0.15, 0.2) is 0 Å². The van der Waals surface area contributed by atoms with E-state index in [1.165, 1.54) is 44.4 Å². The van der Waals surface area contributed by atoms with E-state index < -0.39 is 0 Å². The summed E-state index contributed by atoms with van der Waals surface area (Å²) >= 11 is 0. The van der Waals surface area contributed by atoms with Gasteiger partial charge in [0.05, 0.1) is 5.52 Å². The van der Waals surface area contributed by atoms with Crippen LogP contribution in [0.3, 0.4) is 0 Å². The molecule has 0 bridgehead atoms. The highest BCUT2D eigenvalue weighted by molar-refractivity contribution is 5.89. The second kappa shape index (κ2) is 8.82. The molecular formula is C21H28FN5O. The number of amides is 1. The predicted octanol–water partition coefficient (Wildman–Crippen LogP) is 2.59. The van der Waals surface area contributed by atoms with Crippen molar-refractivity contribution in [1.29, 1.82) is 0 Å². The second-order valence-corrected chi connectivity index (χ2v) is 7.81. The van der Waals surface area contributed by atoms with Crippen LogP contribution in [0.15, 0.2) is 24.5 Å². The molecule has 6 nitrogen and oxygen atoms in total. The summed E-state index contributed by atoms with van der Waals surface area (Å²) < 4.78 is 13.7. The summed E-state index contributed by atoms with van der Waals surface area (Å²) in [6, 6.07) is 4.58. The summed E-state index contributed by atoms with van der Waals surface area (Å²) in [6.45, 7) is 5.73. The number of rotatable bonds is 6. The van der Waals surface area contributed by atoms with E-state index in [2.05, 4.69) is 25.1 Å². The Kier molecular flexibility index (Phi) is 6.00. The van der Waals surface area contributed by atoms with Gasteiger partial charge in [0, 0.05) is 30.9 Å². The molecule has 2 fully saturated rings. The number of benzene rings is 1. The highest BCUT2D eigenvalue weighted by Crippen LogP contribution is 2.28. The van der Waals surface area contributed by atoms with Crippen molar-refractivity contribution in [1.82, 2.24) is 20.2 Å². The van der Waals surface area contributed by atoms with Gasteiger partial charge < -0.3 is 15.1 Å². The Morgan fingerprint density at radius 1 is 1.14 bits per heavy atom. The molecule has 2 saturated heterocycles. The number of anilines is 1. The molecule has 28 heavy (non-hydrogen) atoms. The third-order valence-electron chi connectivity index (χ3n) is 5.89. The molecule has 1 aromatic carbocycles. The summed E-state index contributed by atoms with van der Waals surface area (Å²) in [5.41, 5.74) is 0.740. The van der Waals surface area contributed by atoms with Crippen molar-refractivity contribution < 1.29 is 9.18 Å². The molecule has 0 aliphatic carbocycles. The molecule has 150 valence electrons. The lowest BCUT2D eigenvalue weighted by atomic mass is 9.95. The molecule has 0 spiro atoms. The summed E-state index contributed by atoms with van der Waals surface area (Å²) in [4.78, 5) is 25.7. The summed E-state index contributed by atoms with van der Waals surface area (Å²) in [6.07, 6.45) is 6.73. The number of carbonyl (C=O) groups is 1. The van der Waals surface area contributed by atoms with E-state index in [0.29, 0.717) is 0 Å². The van der Waals surface area contributed by atoms with Crippen LogP contribution in [-0.2, 0) is 4.79 Å². The molecule has 3 heterocycles. The lowest BCUT2D eigenvalue weighted by Crippen LogP contribution is -2.41. The molecule has 1 aromatic heterocycles. The fraction of sp³-hybridized carbons (Fsp3) is 0.571. The van der Waals surface area contributed by atoms with Crippen LogP contribution in [0.1, 0.15) is 32.1 Å². The van der Waals surface area contributed by atoms with Crippen molar-refractivity contribution in [2.45, 2.75) is 32.1 Å². The first-order valence-electron chi connectivity index (χ1n) is 10.4. The minimum absolute atomic E-state index is 0.0490. The molecular weight excluding hydrogens is 357 g/mol. The number of fused-ring (bicyclic) bond motifs is 1. The van der Waals surface area contributed by atoms with Gasteiger partial charge in [-0.25, -0.2) is 14.4 Å². The molecule has 0 saturated carbocycles. The van der Waals surface area contributed by atoms with Gasteiger partial charge in [-0.2, -0.15) is 0 Å². The number of hydrogen-bond donors (Lipinski definition) is 1. The SMILES string of the molecule is O=C(NCCCN1CCCC1)C1CCN(c2ncnc3ccc(F)cc23)CC1. The normalized spacial score (nSPS) is 18.7. The Morgan fingerprint density at radius 3 is 2.71 bits per heavy atom. The van der Waals surface area contributed by atoms with Crippen LogP contribution in [0.4, 0.5) is 10.2 Å². The second-order valence-electron chi connectivity index (χ2n) is 7.81. The number of carbonyl (C=O) groups excluding carboxylic acids is 1. The quantitative estimate of drug-likeness (QED) is 0.775. The number of aromatic nitrogens is 2. The molecule has 1 amide bonds. The fourth-order valence-electron chi connectivity index (χ4n) is 4.29. The first-order valence-corrected chi connectivity index (χ1v) is 10.4. The number of piperidine rings is 1. The van der Waals surface area contributed by atoms with Gasteiger partial charge >= 0.3 is 0 Å². The topological polar surface area (TPSA) is 61.4 Å². The van der Waals surface area contributed by atoms with E-state index in [-0.39, 0.29) is 17.6 Å². The number of nitrogens with zero attached hydrogens (tertiary/aromatic N) is 4. The van der Waals surface area contributed by atoms with Gasteiger partial charge in [-0.3, -0.25) is 4.79 Å². The Morgan fingerprint density at radius 2 is 1.93 bits per heavy atom. The smallest absolute Gasteiger partial charge is 0.223 e. The maximum atomic E-state index is 13.7. The molecule has 2 aliphatic heterocycles. The average molecular weight is 385 g/mol. The fourth-order valence-corrected chi connectivity index (χ4v) is 4.29. The van der Waals surface area contributed by atoms with Crippen molar-refractivity contribution in [2.24, 2.45) is 5.92 Å². The van der Waals surface area contributed by atoms with Gasteiger partial charge in [-0.1, -0.05) is 0 Å². The van der Waals surface area contributed by atoms with Gasteiger partial charge in [-0.05, 0) is 69.9 Å². The number of likely N-dealkylation sites (tertiary alicyclic amines) is 1. The highest BCUT2D eigenvalue weighted by atomic mass is 19.1. The standard InChI is InChI=1S/C21H28FN5O/c22-17-4-5-19-18(14-17)20(25-15-24-19)27-12-6-16(7-13-27)21(28)23-8-3-11-26-9-1-2-10-26/h4-5,14-16H,1-3,6-13H2,(H,23,28). The molecule has 0 atom stereocenters. The first kappa shape index (κ1) is 19.1. The zero-order chi connectivity index (χ0) is 19.3. The van der Waals surface area contributed by atoms with Crippen LogP contribution < -0.4 is 10.2 Å². The third-order valence-corrected chi connectivity index (χ3v) is 5.89. The van der Waals surface area contributed by atoms with Crippen molar-refractivity contribution >= 4 is 22.6 Å². The summed E-state index contributed by atoms with van der Waals surface area (Å²) in [5, 5.41) is 3.84. The number of halogens is 1. The zero-order valence-corrected chi connectivity index (χ0v) is 16.2. The largest absolute Gasteiger partial charge is 0.356 e. The van der Waals surface area contributed by atoms with Gasteiger partial charge in [0.2, 0.25) is 5.91 Å². The molecule has 4 rings (SSSR count). The van der Waals surface area contributed by atoms with E-state index in [1.807, 2.05) is 0 Å². The Balaban J connectivity index is 1.27. The van der Waals surface area contributed by atoms with Crippen LogP contribution >= 0.6 is 0 Å². The van der Waals surface area contributed by atoms with Crippen LogP contribution in [0.5, 0.6) is 0 Å². The van der Waals surface area contributed by atoms with Crippen LogP contribution in [0.2, 0.25) is 0 Å². The van der Waals surface area contributed by atoms with E-state index in [0.717, 1.165) is 62.2 Å².